The van der Waals surface area contributed by atoms with E-state index < -0.39 is 11.9 Å². The summed E-state index contributed by atoms with van der Waals surface area (Å²) in [4.78, 5) is 26.2. The largest absolute Gasteiger partial charge is 0.481 e. The van der Waals surface area contributed by atoms with E-state index >= 15 is 0 Å². The summed E-state index contributed by atoms with van der Waals surface area (Å²) in [5.74, 6) is -1.44. The minimum absolute atomic E-state index is 0.237. The van der Waals surface area contributed by atoms with Gasteiger partial charge in [-0.3, -0.25) is 9.36 Å². The Kier molecular flexibility index (Phi) is 2.87. The molecule has 1 fully saturated rings. The van der Waals surface area contributed by atoms with Gasteiger partial charge in [-0.2, -0.15) is 0 Å². The van der Waals surface area contributed by atoms with Gasteiger partial charge in [0.2, 0.25) is 0 Å². The van der Waals surface area contributed by atoms with Gasteiger partial charge in [-0.1, -0.05) is 12.1 Å². The van der Waals surface area contributed by atoms with Crippen molar-refractivity contribution >= 4 is 17.0 Å². The zero-order valence-electron chi connectivity index (χ0n) is 10.3. The quantitative estimate of drug-likeness (QED) is 0.737. The third kappa shape index (κ3) is 1.94. The maximum atomic E-state index is 12.1. The topological polar surface area (TPSA) is 87.1 Å². The van der Waals surface area contributed by atoms with Crippen LogP contribution >= 0.6 is 0 Å². The van der Waals surface area contributed by atoms with E-state index in [4.69, 9.17) is 0 Å². The van der Waals surface area contributed by atoms with Crippen molar-refractivity contribution < 1.29 is 9.90 Å². The predicted octanol–water partition coefficient (Wildman–Crippen LogP) is 0.565. The van der Waals surface area contributed by atoms with E-state index in [0.717, 1.165) is 17.6 Å². The van der Waals surface area contributed by atoms with Crippen LogP contribution in [0.1, 0.15) is 12.5 Å². The molecule has 1 aliphatic heterocycles. The number of carboxylic acid groups (broad SMARTS) is 1. The third-order valence-electron chi connectivity index (χ3n) is 3.72. The number of benzene rings is 1. The maximum absolute atomic E-state index is 12.1. The summed E-state index contributed by atoms with van der Waals surface area (Å²) in [6.45, 7) is 1.12. The molecule has 0 spiro atoms. The number of H-pyrrole nitrogens is 1. The molecule has 3 rings (SSSR count). The highest BCUT2D eigenvalue weighted by atomic mass is 16.4. The van der Waals surface area contributed by atoms with Crippen LogP contribution in [0.2, 0.25) is 0 Å². The smallest absolute Gasteiger partial charge is 0.326 e. The summed E-state index contributed by atoms with van der Waals surface area (Å²) in [6, 6.07) is 7.06. The number of hydrogen-bond donors (Lipinski definition) is 3. The van der Waals surface area contributed by atoms with Crippen LogP contribution in [0.4, 0.5) is 0 Å². The molecule has 3 N–H and O–H groups in total. The Morgan fingerprint density at radius 1 is 1.37 bits per heavy atom. The molecule has 2 heterocycles. The fourth-order valence-electron chi connectivity index (χ4n) is 2.81. The monoisotopic (exact) mass is 261 g/mol. The van der Waals surface area contributed by atoms with Gasteiger partial charge < -0.3 is 15.4 Å². The second-order valence-corrected chi connectivity index (χ2v) is 4.82. The number of nitrogens with zero attached hydrogens (tertiary/aromatic N) is 1. The lowest BCUT2D eigenvalue weighted by atomic mass is 9.93. The predicted molar refractivity (Wildman–Crippen MR) is 70.2 cm³/mol. The Hall–Kier alpha value is -2.08. The van der Waals surface area contributed by atoms with Crippen molar-refractivity contribution in [3.8, 4) is 0 Å². The molecule has 6 heteroatoms. The van der Waals surface area contributed by atoms with Gasteiger partial charge in [-0.05, 0) is 25.1 Å². The molecule has 6 nitrogen and oxygen atoms in total. The molecule has 1 aromatic heterocycles. The number of rotatable bonds is 2. The van der Waals surface area contributed by atoms with Crippen LogP contribution in [0, 0.1) is 5.92 Å². The number of aromatic amines is 1. The maximum Gasteiger partial charge on any atom is 0.326 e. The normalized spacial score (nSPS) is 23.6. The molecule has 0 radical (unpaired) electrons. The standard InChI is InChI=1S/C13H15N3O3/c17-12(18)8-7-14-6-5-10(8)16-11-4-2-1-3-9(11)15-13(16)19/h1-4,8,10,14H,5-7H2,(H,15,19)(H,17,18). The molecule has 0 bridgehead atoms. The van der Waals surface area contributed by atoms with Crippen LogP contribution in [-0.4, -0.2) is 33.7 Å². The second-order valence-electron chi connectivity index (χ2n) is 4.82. The lowest BCUT2D eigenvalue weighted by Gasteiger charge is -2.30. The van der Waals surface area contributed by atoms with Crippen LogP contribution in [0.25, 0.3) is 11.0 Å². The molecule has 1 aromatic carbocycles. The minimum Gasteiger partial charge on any atom is -0.481 e. The molecular formula is C13H15N3O3. The number of aromatic nitrogens is 2. The fourth-order valence-corrected chi connectivity index (χ4v) is 2.81. The summed E-state index contributed by atoms with van der Waals surface area (Å²) < 4.78 is 1.59. The first-order chi connectivity index (χ1) is 9.18. The zero-order valence-corrected chi connectivity index (χ0v) is 10.3. The average molecular weight is 261 g/mol. The van der Waals surface area contributed by atoms with Crippen LogP contribution in [0.5, 0.6) is 0 Å². The van der Waals surface area contributed by atoms with E-state index in [-0.39, 0.29) is 11.7 Å². The molecule has 0 aliphatic carbocycles. The summed E-state index contributed by atoms with van der Waals surface area (Å²) >= 11 is 0. The van der Waals surface area contributed by atoms with E-state index in [2.05, 4.69) is 10.3 Å². The van der Waals surface area contributed by atoms with Crippen LogP contribution in [-0.2, 0) is 4.79 Å². The molecule has 1 saturated heterocycles. The van der Waals surface area contributed by atoms with Crippen LogP contribution in [0.3, 0.4) is 0 Å². The first-order valence-electron chi connectivity index (χ1n) is 6.31. The number of carbonyl (C=O) groups is 1. The van der Waals surface area contributed by atoms with E-state index in [1.807, 2.05) is 24.3 Å². The van der Waals surface area contributed by atoms with E-state index in [9.17, 15) is 14.7 Å². The van der Waals surface area contributed by atoms with Gasteiger partial charge in [0.05, 0.1) is 23.0 Å². The lowest BCUT2D eigenvalue weighted by molar-refractivity contribution is -0.143. The summed E-state index contributed by atoms with van der Waals surface area (Å²) in [5.41, 5.74) is 1.28. The SMILES string of the molecule is O=C(O)C1CNCCC1n1c(=O)[nH]c2ccccc21. The summed E-state index contributed by atoms with van der Waals surface area (Å²) in [5, 5.41) is 12.4. The van der Waals surface area contributed by atoms with Crippen molar-refractivity contribution in [3.63, 3.8) is 0 Å². The van der Waals surface area contributed by atoms with Crippen molar-refractivity contribution in [2.75, 3.05) is 13.1 Å². The number of fused-ring (bicyclic) bond motifs is 1. The molecule has 2 unspecified atom stereocenters. The van der Waals surface area contributed by atoms with Crippen molar-refractivity contribution in [2.24, 2.45) is 5.92 Å². The summed E-state index contributed by atoms with van der Waals surface area (Å²) in [6.07, 6.45) is 0.638. The van der Waals surface area contributed by atoms with E-state index in [1.165, 1.54) is 0 Å². The Bertz CT molecular complexity index is 673. The van der Waals surface area contributed by atoms with E-state index in [1.54, 1.807) is 4.57 Å². The fraction of sp³-hybridized carbons (Fsp3) is 0.385. The number of aliphatic carboxylic acids is 1. The highest BCUT2D eigenvalue weighted by Crippen LogP contribution is 2.26. The molecule has 2 aromatic rings. The Labute approximate surface area is 109 Å². The van der Waals surface area contributed by atoms with Gasteiger partial charge in [-0.15, -0.1) is 0 Å². The van der Waals surface area contributed by atoms with Gasteiger partial charge in [0.1, 0.15) is 0 Å². The number of hydrogen-bond acceptors (Lipinski definition) is 3. The van der Waals surface area contributed by atoms with Crippen molar-refractivity contribution in [1.29, 1.82) is 0 Å². The molecule has 0 saturated carbocycles. The third-order valence-corrected chi connectivity index (χ3v) is 3.72. The molecule has 19 heavy (non-hydrogen) atoms. The van der Waals surface area contributed by atoms with Gasteiger partial charge >= 0.3 is 11.7 Å². The average Bonchev–Trinajstić information content (AvgIpc) is 2.74. The van der Waals surface area contributed by atoms with Crippen molar-refractivity contribution in [3.05, 3.63) is 34.7 Å². The number of imidazole rings is 1. The van der Waals surface area contributed by atoms with Gasteiger partial charge in [0.15, 0.2) is 0 Å². The highest BCUT2D eigenvalue weighted by Gasteiger charge is 2.33. The second kappa shape index (κ2) is 4.55. The van der Waals surface area contributed by atoms with Crippen LogP contribution in [0.15, 0.2) is 29.1 Å². The zero-order chi connectivity index (χ0) is 13.4. The molecule has 0 amide bonds. The molecule has 2 atom stereocenters. The number of nitrogens with one attached hydrogen (secondary N) is 2. The van der Waals surface area contributed by atoms with Gasteiger partial charge in [0.25, 0.3) is 0 Å². The Morgan fingerprint density at radius 3 is 2.95 bits per heavy atom. The highest BCUT2D eigenvalue weighted by molar-refractivity contribution is 5.76. The Morgan fingerprint density at radius 2 is 2.16 bits per heavy atom. The molecular weight excluding hydrogens is 246 g/mol. The molecule has 1 aliphatic rings. The van der Waals surface area contributed by atoms with Gasteiger partial charge in [0, 0.05) is 6.54 Å². The van der Waals surface area contributed by atoms with Crippen molar-refractivity contribution in [1.82, 2.24) is 14.9 Å². The van der Waals surface area contributed by atoms with Crippen molar-refractivity contribution in [2.45, 2.75) is 12.5 Å². The summed E-state index contributed by atoms with van der Waals surface area (Å²) in [7, 11) is 0. The Balaban J connectivity index is 2.14. The number of piperidine rings is 1. The number of para-hydroxylation sites is 2. The van der Waals surface area contributed by atoms with E-state index in [0.29, 0.717) is 13.0 Å². The molecule has 100 valence electrons. The lowest BCUT2D eigenvalue weighted by Crippen LogP contribution is -2.44. The van der Waals surface area contributed by atoms with Gasteiger partial charge in [-0.25, -0.2) is 4.79 Å². The van der Waals surface area contributed by atoms with Crippen LogP contribution < -0.4 is 11.0 Å². The first kappa shape index (κ1) is 12.0. The first-order valence-corrected chi connectivity index (χ1v) is 6.31. The number of carboxylic acids is 1. The minimum atomic E-state index is -0.866.